The number of para-hydroxylation sites is 1. The van der Waals surface area contributed by atoms with Crippen LogP contribution in [-0.4, -0.2) is 25.5 Å². The molecule has 0 aromatic heterocycles. The fourth-order valence-electron chi connectivity index (χ4n) is 2.71. The second-order valence-corrected chi connectivity index (χ2v) is 5.65. The third kappa shape index (κ3) is 3.52. The summed E-state index contributed by atoms with van der Waals surface area (Å²) in [5, 5.41) is 0. The smallest absolute Gasteiger partial charge is 1.00 e. The lowest BCUT2D eigenvalue weighted by Crippen LogP contribution is -3.00. The lowest BCUT2D eigenvalue weighted by Gasteiger charge is -2.12. The number of benzene rings is 2. The van der Waals surface area contributed by atoms with Gasteiger partial charge in [-0.2, -0.15) is 0 Å². The third-order valence-electron chi connectivity index (χ3n) is 3.79. The zero-order chi connectivity index (χ0) is 14.7. The Hall–Kier alpha value is -1.77. The van der Waals surface area contributed by atoms with E-state index in [0.717, 1.165) is 18.7 Å². The molecule has 22 heavy (non-hydrogen) atoms. The molecule has 3 heteroatoms. The number of ether oxygens (including phenoxy) is 1. The molecule has 0 saturated heterocycles. The molecule has 0 bridgehead atoms. The molecular formula is C19H22ClNO. The van der Waals surface area contributed by atoms with E-state index in [1.807, 2.05) is 6.07 Å². The van der Waals surface area contributed by atoms with E-state index >= 15 is 0 Å². The average molecular weight is 316 g/mol. The highest BCUT2D eigenvalue weighted by molar-refractivity contribution is 5.84. The zero-order valence-electron chi connectivity index (χ0n) is 14.1. The molecule has 0 radical (unpaired) electrons. The molecule has 1 aliphatic heterocycles. The Labute approximate surface area is 140 Å². The Kier molecular flexibility index (Phi) is 5.64. The molecule has 2 aromatic carbocycles. The Morgan fingerprint density at radius 2 is 1.73 bits per heavy atom. The summed E-state index contributed by atoms with van der Waals surface area (Å²) >= 11 is 0. The van der Waals surface area contributed by atoms with Crippen LogP contribution in [0.4, 0.5) is 0 Å². The summed E-state index contributed by atoms with van der Waals surface area (Å²) in [4.78, 5) is 2.21. The van der Waals surface area contributed by atoms with Crippen molar-refractivity contribution < 1.29 is 18.6 Å². The van der Waals surface area contributed by atoms with E-state index in [2.05, 4.69) is 67.5 Å². The van der Waals surface area contributed by atoms with Crippen molar-refractivity contribution in [3.63, 3.8) is 0 Å². The largest absolute Gasteiger partial charge is 1.00 e. The maximum Gasteiger partial charge on any atom is 1.00 e. The number of halogens is 1. The van der Waals surface area contributed by atoms with Crippen molar-refractivity contribution >= 4 is 5.57 Å². The fourth-order valence-corrected chi connectivity index (χ4v) is 2.71. The Morgan fingerprint density at radius 3 is 2.50 bits per heavy atom. The van der Waals surface area contributed by atoms with Gasteiger partial charge in [0.25, 0.3) is 0 Å². The molecule has 1 heterocycles. The van der Waals surface area contributed by atoms with Crippen molar-refractivity contribution in [3.8, 4) is 5.75 Å². The predicted octanol–water partition coefficient (Wildman–Crippen LogP) is 1.08. The average Bonchev–Trinajstić information content (AvgIpc) is 2.65. The lowest BCUT2D eigenvalue weighted by atomic mass is 9.93. The molecular weight excluding hydrogens is 294 g/mol. The van der Waals surface area contributed by atoms with Crippen LogP contribution in [0.25, 0.3) is 5.57 Å². The van der Waals surface area contributed by atoms with Crippen LogP contribution in [-0.2, 0) is 6.61 Å². The Bertz CT molecular complexity index is 620. The van der Waals surface area contributed by atoms with Crippen molar-refractivity contribution in [3.05, 3.63) is 71.3 Å². The second-order valence-electron chi connectivity index (χ2n) is 5.65. The van der Waals surface area contributed by atoms with E-state index in [0.29, 0.717) is 6.61 Å². The summed E-state index contributed by atoms with van der Waals surface area (Å²) in [6, 6.07) is 16.9. The maximum atomic E-state index is 5.98. The van der Waals surface area contributed by atoms with E-state index in [1.165, 1.54) is 22.3 Å². The summed E-state index contributed by atoms with van der Waals surface area (Å²) in [6.45, 7) is 1.69. The minimum absolute atomic E-state index is 0. The van der Waals surface area contributed by atoms with E-state index in [4.69, 9.17) is 4.74 Å². The quantitative estimate of drug-likeness (QED) is 0.840. The van der Waals surface area contributed by atoms with Crippen molar-refractivity contribution in [1.82, 2.24) is 4.90 Å². The fraction of sp³-hybridized carbons (Fsp3) is 0.263. The molecule has 0 spiro atoms. The van der Waals surface area contributed by atoms with E-state index < -0.39 is 0 Å². The molecule has 0 atom stereocenters. The van der Waals surface area contributed by atoms with Gasteiger partial charge in [0.15, 0.2) is 0 Å². The zero-order valence-corrected chi connectivity index (χ0v) is 13.8. The highest BCUT2D eigenvalue weighted by atomic mass is 35.5. The van der Waals surface area contributed by atoms with Gasteiger partial charge in [-0.25, -0.2) is 0 Å². The first kappa shape index (κ1) is 16.6. The highest BCUT2D eigenvalue weighted by Crippen LogP contribution is 2.36. The molecule has 0 aliphatic carbocycles. The number of nitrogens with zero attached hydrogens (tertiary/aromatic N) is 1. The summed E-state index contributed by atoms with van der Waals surface area (Å²) < 4.78 is 5.98. The van der Waals surface area contributed by atoms with Gasteiger partial charge in [-0.3, -0.25) is 0 Å². The van der Waals surface area contributed by atoms with Gasteiger partial charge in [0.05, 0.1) is 0 Å². The number of rotatable bonds is 3. The first-order valence-corrected chi connectivity index (χ1v) is 7.41. The number of hydrogen-bond donors (Lipinski definition) is 0. The van der Waals surface area contributed by atoms with Gasteiger partial charge in [0, 0.05) is 12.1 Å². The lowest BCUT2D eigenvalue weighted by molar-refractivity contribution is -0.00000462. The SMILES string of the molecule is CN(C)CC/C=C1/c2ccccc2COc2ccccc21.[Cl-].[H+]. The van der Waals surface area contributed by atoms with E-state index in [-0.39, 0.29) is 13.8 Å². The summed E-state index contributed by atoms with van der Waals surface area (Å²) in [5.41, 5.74) is 5.03. The molecule has 3 rings (SSSR count). The minimum Gasteiger partial charge on any atom is -1.00 e. The first-order chi connectivity index (χ1) is 10.3. The maximum absolute atomic E-state index is 5.98. The standard InChI is InChI=1S/C19H21NO.ClH/c1-20(2)13-7-11-17-16-9-4-3-8-15(16)14-21-19-12-6-5-10-18(17)19;/h3-6,8-12H,7,13-14H2,1-2H3;1H/b17-11-;. The van der Waals surface area contributed by atoms with Gasteiger partial charge < -0.3 is 22.0 Å². The van der Waals surface area contributed by atoms with Gasteiger partial charge in [-0.05, 0) is 43.3 Å². The van der Waals surface area contributed by atoms with Crippen LogP contribution in [0, 0.1) is 0 Å². The van der Waals surface area contributed by atoms with Crippen molar-refractivity contribution in [1.29, 1.82) is 0 Å². The molecule has 0 unspecified atom stereocenters. The molecule has 1 aliphatic rings. The van der Waals surface area contributed by atoms with Gasteiger partial charge >= 0.3 is 1.43 Å². The van der Waals surface area contributed by atoms with Crippen LogP contribution in [0.5, 0.6) is 5.75 Å². The molecule has 2 aromatic rings. The second kappa shape index (κ2) is 7.48. The molecule has 116 valence electrons. The van der Waals surface area contributed by atoms with Crippen LogP contribution in [0.15, 0.2) is 54.6 Å². The number of hydrogen-bond acceptors (Lipinski definition) is 2. The third-order valence-corrected chi connectivity index (χ3v) is 3.79. The van der Waals surface area contributed by atoms with Crippen LogP contribution in [0.2, 0.25) is 0 Å². The minimum atomic E-state index is 0. The van der Waals surface area contributed by atoms with E-state index in [1.54, 1.807) is 0 Å². The van der Waals surface area contributed by atoms with Crippen LogP contribution < -0.4 is 17.1 Å². The van der Waals surface area contributed by atoms with Crippen LogP contribution in [0.1, 0.15) is 24.5 Å². The first-order valence-electron chi connectivity index (χ1n) is 7.41. The number of fused-ring (bicyclic) bond motifs is 2. The van der Waals surface area contributed by atoms with E-state index in [9.17, 15) is 0 Å². The summed E-state index contributed by atoms with van der Waals surface area (Å²) in [6.07, 6.45) is 3.37. The van der Waals surface area contributed by atoms with Crippen molar-refractivity contribution in [2.75, 3.05) is 20.6 Å². The monoisotopic (exact) mass is 315 g/mol. The van der Waals surface area contributed by atoms with Gasteiger partial charge in [-0.1, -0.05) is 48.5 Å². The molecule has 0 saturated carbocycles. The Morgan fingerprint density at radius 1 is 1.05 bits per heavy atom. The van der Waals surface area contributed by atoms with Gasteiger partial charge in [0.2, 0.25) is 0 Å². The van der Waals surface area contributed by atoms with Crippen molar-refractivity contribution in [2.24, 2.45) is 0 Å². The molecule has 0 amide bonds. The summed E-state index contributed by atoms with van der Waals surface area (Å²) in [7, 11) is 4.22. The summed E-state index contributed by atoms with van der Waals surface area (Å²) in [5.74, 6) is 0.977. The molecule has 0 fully saturated rings. The Balaban J connectivity index is 0.00000132. The topological polar surface area (TPSA) is 12.5 Å². The van der Waals surface area contributed by atoms with Crippen molar-refractivity contribution in [2.45, 2.75) is 13.0 Å². The molecule has 2 nitrogen and oxygen atoms in total. The molecule has 0 N–H and O–H groups in total. The normalized spacial score (nSPS) is 14.6. The van der Waals surface area contributed by atoms with Crippen LogP contribution in [0.3, 0.4) is 0 Å². The van der Waals surface area contributed by atoms with Crippen LogP contribution >= 0.6 is 0 Å². The predicted molar refractivity (Wildman–Crippen MR) is 88.6 cm³/mol. The highest BCUT2D eigenvalue weighted by Gasteiger charge is 2.17. The van der Waals surface area contributed by atoms with Gasteiger partial charge in [0.1, 0.15) is 12.4 Å². The van der Waals surface area contributed by atoms with Gasteiger partial charge in [-0.15, -0.1) is 0 Å².